The fourth-order valence-electron chi connectivity index (χ4n) is 3.33. The number of hydrogen-bond acceptors (Lipinski definition) is 3. The minimum absolute atomic E-state index is 0.0679. The van der Waals surface area contributed by atoms with Crippen molar-refractivity contribution in [1.29, 1.82) is 0 Å². The van der Waals surface area contributed by atoms with Gasteiger partial charge in [0.25, 0.3) is 5.56 Å². The number of nitrogens with zero attached hydrogens (tertiary/aromatic N) is 1. The normalized spacial score (nSPS) is 16.5. The SMILES string of the molecule is C=CCn1c2c(ccc1=O)CC(NCc1ccc(OC)cc1)CC2. The Hall–Kier alpha value is -2.33. The molecule has 0 saturated heterocycles. The first-order valence-corrected chi connectivity index (χ1v) is 8.40. The molecule has 1 aromatic heterocycles. The number of nitrogens with one attached hydrogen (secondary N) is 1. The van der Waals surface area contributed by atoms with E-state index in [9.17, 15) is 4.79 Å². The molecule has 0 saturated carbocycles. The molecule has 4 nitrogen and oxygen atoms in total. The van der Waals surface area contributed by atoms with Crippen molar-refractivity contribution < 1.29 is 4.74 Å². The van der Waals surface area contributed by atoms with E-state index in [1.54, 1.807) is 19.3 Å². The number of fused-ring (bicyclic) bond motifs is 1. The summed E-state index contributed by atoms with van der Waals surface area (Å²) >= 11 is 0. The van der Waals surface area contributed by atoms with Crippen LogP contribution in [0.2, 0.25) is 0 Å². The molecule has 1 aromatic carbocycles. The Morgan fingerprint density at radius 3 is 2.79 bits per heavy atom. The van der Waals surface area contributed by atoms with Gasteiger partial charge in [0.05, 0.1) is 7.11 Å². The van der Waals surface area contributed by atoms with Gasteiger partial charge in [0.1, 0.15) is 5.75 Å². The molecule has 1 unspecified atom stereocenters. The number of allylic oxidation sites excluding steroid dienone is 1. The maximum Gasteiger partial charge on any atom is 0.251 e. The van der Waals surface area contributed by atoms with Gasteiger partial charge in [0.2, 0.25) is 0 Å². The van der Waals surface area contributed by atoms with E-state index in [0.717, 1.165) is 31.6 Å². The molecular formula is C20H24N2O2. The molecule has 1 atom stereocenters. The summed E-state index contributed by atoms with van der Waals surface area (Å²) in [5.41, 5.74) is 3.76. The predicted molar refractivity (Wildman–Crippen MR) is 96.5 cm³/mol. The highest BCUT2D eigenvalue weighted by Crippen LogP contribution is 2.21. The lowest BCUT2D eigenvalue weighted by Crippen LogP contribution is -2.37. The van der Waals surface area contributed by atoms with E-state index in [0.29, 0.717) is 12.6 Å². The lowest BCUT2D eigenvalue weighted by atomic mass is 9.91. The van der Waals surface area contributed by atoms with Crippen LogP contribution in [0.4, 0.5) is 0 Å². The van der Waals surface area contributed by atoms with Gasteiger partial charge < -0.3 is 14.6 Å². The van der Waals surface area contributed by atoms with Crippen LogP contribution in [0.3, 0.4) is 0 Å². The summed E-state index contributed by atoms with van der Waals surface area (Å²) in [5, 5.41) is 3.63. The van der Waals surface area contributed by atoms with Crippen LogP contribution in [0, 0.1) is 0 Å². The first-order chi connectivity index (χ1) is 11.7. The lowest BCUT2D eigenvalue weighted by molar-refractivity contribution is 0.414. The van der Waals surface area contributed by atoms with Crippen molar-refractivity contribution in [1.82, 2.24) is 9.88 Å². The summed E-state index contributed by atoms with van der Waals surface area (Å²) in [5.74, 6) is 0.880. The Bertz CT molecular complexity index is 762. The molecule has 1 aliphatic rings. The largest absolute Gasteiger partial charge is 0.497 e. The smallest absolute Gasteiger partial charge is 0.251 e. The zero-order valence-corrected chi connectivity index (χ0v) is 14.1. The van der Waals surface area contributed by atoms with E-state index in [2.05, 4.69) is 24.0 Å². The van der Waals surface area contributed by atoms with Crippen molar-refractivity contribution in [3.05, 3.63) is 76.2 Å². The zero-order chi connectivity index (χ0) is 16.9. The van der Waals surface area contributed by atoms with Gasteiger partial charge in [0.15, 0.2) is 0 Å². The lowest BCUT2D eigenvalue weighted by Gasteiger charge is -2.27. The summed E-state index contributed by atoms with van der Waals surface area (Å²) in [6, 6.07) is 12.2. The van der Waals surface area contributed by atoms with Crippen LogP contribution in [0.25, 0.3) is 0 Å². The first kappa shape index (κ1) is 16.5. The molecular weight excluding hydrogens is 300 g/mol. The number of hydrogen-bond donors (Lipinski definition) is 1. The maximum atomic E-state index is 12.0. The van der Waals surface area contributed by atoms with Crippen molar-refractivity contribution >= 4 is 0 Å². The second-order valence-corrected chi connectivity index (χ2v) is 6.21. The third kappa shape index (κ3) is 3.60. The van der Waals surface area contributed by atoms with Gasteiger partial charge in [-0.15, -0.1) is 6.58 Å². The fourth-order valence-corrected chi connectivity index (χ4v) is 3.33. The summed E-state index contributed by atoms with van der Waals surface area (Å²) in [6.07, 6.45) is 4.72. The van der Waals surface area contributed by atoms with Gasteiger partial charge in [0, 0.05) is 30.9 Å². The topological polar surface area (TPSA) is 43.3 Å². The number of rotatable bonds is 6. The summed E-state index contributed by atoms with van der Waals surface area (Å²) in [6.45, 7) is 5.19. The van der Waals surface area contributed by atoms with Gasteiger partial charge in [-0.2, -0.15) is 0 Å². The molecule has 0 amide bonds. The highest BCUT2D eigenvalue weighted by molar-refractivity contribution is 5.28. The third-order valence-electron chi connectivity index (χ3n) is 4.65. The van der Waals surface area contributed by atoms with Crippen LogP contribution in [0.15, 0.2) is 53.8 Å². The van der Waals surface area contributed by atoms with Crippen molar-refractivity contribution in [3.8, 4) is 5.75 Å². The predicted octanol–water partition coefficient (Wildman–Crippen LogP) is 2.69. The van der Waals surface area contributed by atoms with E-state index in [-0.39, 0.29) is 5.56 Å². The molecule has 4 heteroatoms. The van der Waals surface area contributed by atoms with Crippen LogP contribution in [0.1, 0.15) is 23.2 Å². The second kappa shape index (κ2) is 7.49. The number of benzene rings is 1. The monoisotopic (exact) mass is 324 g/mol. The van der Waals surface area contributed by atoms with Crippen LogP contribution in [0.5, 0.6) is 5.75 Å². The molecule has 24 heavy (non-hydrogen) atoms. The number of ether oxygens (including phenoxy) is 1. The van der Waals surface area contributed by atoms with Gasteiger partial charge in [-0.25, -0.2) is 0 Å². The van der Waals surface area contributed by atoms with Crippen LogP contribution >= 0.6 is 0 Å². The average molecular weight is 324 g/mol. The van der Waals surface area contributed by atoms with Crippen LogP contribution < -0.4 is 15.6 Å². The Balaban J connectivity index is 1.65. The van der Waals surface area contributed by atoms with E-state index < -0.39 is 0 Å². The number of pyridine rings is 1. The van der Waals surface area contributed by atoms with E-state index in [1.807, 2.05) is 22.8 Å². The van der Waals surface area contributed by atoms with Gasteiger partial charge >= 0.3 is 0 Å². The highest BCUT2D eigenvalue weighted by atomic mass is 16.5. The first-order valence-electron chi connectivity index (χ1n) is 8.40. The average Bonchev–Trinajstić information content (AvgIpc) is 2.63. The Labute approximate surface area is 142 Å². The van der Waals surface area contributed by atoms with Crippen LogP contribution in [-0.4, -0.2) is 17.7 Å². The molecule has 0 aliphatic heterocycles. The molecule has 0 bridgehead atoms. The molecule has 0 spiro atoms. The maximum absolute atomic E-state index is 12.0. The Morgan fingerprint density at radius 1 is 1.29 bits per heavy atom. The van der Waals surface area contributed by atoms with Crippen molar-refractivity contribution in [2.45, 2.75) is 38.4 Å². The Morgan fingerprint density at radius 2 is 2.08 bits per heavy atom. The summed E-state index contributed by atoms with van der Waals surface area (Å²) in [4.78, 5) is 12.0. The molecule has 1 heterocycles. The van der Waals surface area contributed by atoms with Crippen LogP contribution in [-0.2, 0) is 25.9 Å². The molecule has 0 fully saturated rings. The van der Waals surface area contributed by atoms with Gasteiger partial charge in [-0.3, -0.25) is 4.79 Å². The minimum atomic E-state index is 0.0679. The third-order valence-corrected chi connectivity index (χ3v) is 4.65. The van der Waals surface area contributed by atoms with Gasteiger partial charge in [-0.1, -0.05) is 24.3 Å². The standard InChI is InChI=1S/C20H24N2O2/c1-3-12-22-19-10-7-17(13-16(19)6-11-20(22)23)21-14-15-4-8-18(24-2)9-5-15/h3-6,8-9,11,17,21H,1,7,10,12-14H2,2H3. The number of aromatic nitrogens is 1. The van der Waals surface area contributed by atoms with Gasteiger partial charge in [-0.05, 0) is 42.5 Å². The van der Waals surface area contributed by atoms with E-state index in [1.165, 1.54) is 16.8 Å². The van der Waals surface area contributed by atoms with E-state index in [4.69, 9.17) is 4.74 Å². The minimum Gasteiger partial charge on any atom is -0.497 e. The number of methoxy groups -OCH3 is 1. The molecule has 1 aliphatic carbocycles. The summed E-state index contributed by atoms with van der Waals surface area (Å²) < 4.78 is 7.04. The fraction of sp³-hybridized carbons (Fsp3) is 0.350. The molecule has 1 N–H and O–H groups in total. The second-order valence-electron chi connectivity index (χ2n) is 6.21. The molecule has 126 valence electrons. The van der Waals surface area contributed by atoms with Crippen molar-refractivity contribution in [2.24, 2.45) is 0 Å². The van der Waals surface area contributed by atoms with E-state index >= 15 is 0 Å². The molecule has 3 rings (SSSR count). The summed E-state index contributed by atoms with van der Waals surface area (Å²) in [7, 11) is 1.68. The Kier molecular flexibility index (Phi) is 5.16. The zero-order valence-electron chi connectivity index (χ0n) is 14.1. The highest BCUT2D eigenvalue weighted by Gasteiger charge is 2.20. The molecule has 0 radical (unpaired) electrons. The van der Waals surface area contributed by atoms with Crippen molar-refractivity contribution in [3.63, 3.8) is 0 Å². The quantitative estimate of drug-likeness (QED) is 0.831. The van der Waals surface area contributed by atoms with Crippen molar-refractivity contribution in [2.75, 3.05) is 7.11 Å². The molecule has 2 aromatic rings.